The number of nitrogens with one attached hydrogen (secondary N) is 1. The number of rotatable bonds is 8. The van der Waals surface area contributed by atoms with Crippen LogP contribution in [0, 0.1) is 0 Å². The molecule has 3 rings (SSSR count). The molecule has 0 fully saturated rings. The Bertz CT molecular complexity index is 825. The molecule has 1 aromatic heterocycles. The number of aromatic nitrogens is 2. The van der Waals surface area contributed by atoms with Gasteiger partial charge in [-0.2, -0.15) is 0 Å². The number of methoxy groups -OCH3 is 3. The van der Waals surface area contributed by atoms with Gasteiger partial charge in [0.1, 0.15) is 17.2 Å². The average Bonchev–Trinajstić information content (AvgIpc) is 3.19. The van der Waals surface area contributed by atoms with Gasteiger partial charge < -0.3 is 24.1 Å². The van der Waals surface area contributed by atoms with Crippen molar-refractivity contribution in [3.05, 3.63) is 66.2 Å². The summed E-state index contributed by atoms with van der Waals surface area (Å²) in [5.41, 5.74) is 3.20. The summed E-state index contributed by atoms with van der Waals surface area (Å²) in [6, 6.07) is 11.9. The zero-order valence-electron chi connectivity index (χ0n) is 15.2. The second-order valence-electron chi connectivity index (χ2n) is 5.84. The van der Waals surface area contributed by atoms with Crippen molar-refractivity contribution in [3.63, 3.8) is 0 Å². The van der Waals surface area contributed by atoms with E-state index >= 15 is 0 Å². The number of imidazole rings is 1. The van der Waals surface area contributed by atoms with E-state index in [0.717, 1.165) is 34.1 Å². The molecule has 0 amide bonds. The Morgan fingerprint density at radius 1 is 0.962 bits per heavy atom. The molecule has 0 aliphatic rings. The number of nitrogens with zero attached hydrogens (tertiary/aromatic N) is 2. The Labute approximate surface area is 153 Å². The zero-order valence-corrected chi connectivity index (χ0v) is 15.2. The lowest BCUT2D eigenvalue weighted by molar-refractivity contribution is 0.394. The molecule has 0 aliphatic heterocycles. The molecular weight excluding hydrogens is 330 g/mol. The summed E-state index contributed by atoms with van der Waals surface area (Å²) in [7, 11) is 4.97. The zero-order chi connectivity index (χ0) is 18.4. The molecule has 136 valence electrons. The SMILES string of the molecule is COc1cc(NCc2ccc(OC)c(Cn3ccnc3)c2)cc(OC)c1. The molecular formula is C20H23N3O3. The van der Waals surface area contributed by atoms with Crippen molar-refractivity contribution < 1.29 is 14.2 Å². The molecule has 0 atom stereocenters. The van der Waals surface area contributed by atoms with E-state index in [1.54, 1.807) is 33.9 Å². The van der Waals surface area contributed by atoms with Crippen LogP contribution in [0.15, 0.2) is 55.1 Å². The van der Waals surface area contributed by atoms with Gasteiger partial charge in [0, 0.05) is 48.4 Å². The van der Waals surface area contributed by atoms with Crippen molar-refractivity contribution in [3.8, 4) is 17.2 Å². The minimum atomic E-state index is 0.678. The van der Waals surface area contributed by atoms with Gasteiger partial charge in [-0.25, -0.2) is 4.98 Å². The van der Waals surface area contributed by atoms with Crippen molar-refractivity contribution in [2.24, 2.45) is 0 Å². The number of hydrogen-bond acceptors (Lipinski definition) is 5. The van der Waals surface area contributed by atoms with Crippen molar-refractivity contribution in [2.75, 3.05) is 26.6 Å². The third kappa shape index (κ3) is 4.27. The summed E-state index contributed by atoms with van der Waals surface area (Å²) in [6.45, 7) is 1.39. The third-order valence-electron chi connectivity index (χ3n) is 4.11. The molecule has 3 aromatic rings. The first kappa shape index (κ1) is 17.7. The van der Waals surface area contributed by atoms with E-state index in [4.69, 9.17) is 14.2 Å². The Balaban J connectivity index is 1.75. The number of hydrogen-bond donors (Lipinski definition) is 1. The Hall–Kier alpha value is -3.15. The van der Waals surface area contributed by atoms with E-state index < -0.39 is 0 Å². The van der Waals surface area contributed by atoms with Gasteiger partial charge in [-0.1, -0.05) is 6.07 Å². The fourth-order valence-corrected chi connectivity index (χ4v) is 2.76. The first-order chi connectivity index (χ1) is 12.7. The summed E-state index contributed by atoms with van der Waals surface area (Å²) >= 11 is 0. The van der Waals surface area contributed by atoms with Crippen LogP contribution in [0.4, 0.5) is 5.69 Å². The highest BCUT2D eigenvalue weighted by atomic mass is 16.5. The van der Waals surface area contributed by atoms with Gasteiger partial charge in [0.25, 0.3) is 0 Å². The largest absolute Gasteiger partial charge is 0.497 e. The summed E-state index contributed by atoms with van der Waals surface area (Å²) in [4.78, 5) is 4.09. The van der Waals surface area contributed by atoms with Crippen molar-refractivity contribution in [2.45, 2.75) is 13.1 Å². The van der Waals surface area contributed by atoms with Crippen LogP contribution in [-0.4, -0.2) is 30.9 Å². The topological polar surface area (TPSA) is 57.5 Å². The summed E-state index contributed by atoms with van der Waals surface area (Å²) in [5.74, 6) is 2.37. The van der Waals surface area contributed by atoms with Crippen molar-refractivity contribution in [1.29, 1.82) is 0 Å². The molecule has 2 aromatic carbocycles. The van der Waals surface area contributed by atoms with Crippen LogP contribution < -0.4 is 19.5 Å². The highest BCUT2D eigenvalue weighted by Gasteiger charge is 2.07. The Morgan fingerprint density at radius 3 is 2.35 bits per heavy atom. The molecule has 0 saturated carbocycles. The van der Waals surface area contributed by atoms with Crippen LogP contribution in [0.2, 0.25) is 0 Å². The van der Waals surface area contributed by atoms with Crippen molar-refractivity contribution in [1.82, 2.24) is 9.55 Å². The van der Waals surface area contributed by atoms with Crippen molar-refractivity contribution >= 4 is 5.69 Å². The molecule has 0 bridgehead atoms. The summed E-state index contributed by atoms with van der Waals surface area (Å²) in [5, 5.41) is 3.41. The number of ether oxygens (including phenoxy) is 3. The van der Waals surface area contributed by atoms with Gasteiger partial charge in [0.05, 0.1) is 34.2 Å². The molecule has 0 spiro atoms. The van der Waals surface area contributed by atoms with E-state index in [9.17, 15) is 0 Å². The maximum absolute atomic E-state index is 5.49. The van der Waals surface area contributed by atoms with Crippen LogP contribution in [0.1, 0.15) is 11.1 Å². The second-order valence-corrected chi connectivity index (χ2v) is 5.84. The third-order valence-corrected chi connectivity index (χ3v) is 4.11. The fourth-order valence-electron chi connectivity index (χ4n) is 2.76. The quantitative estimate of drug-likeness (QED) is 0.671. The summed E-state index contributed by atoms with van der Waals surface area (Å²) in [6.07, 6.45) is 5.51. The van der Waals surface area contributed by atoms with Gasteiger partial charge in [-0.05, 0) is 17.7 Å². The van der Waals surface area contributed by atoms with Gasteiger partial charge in [0.15, 0.2) is 0 Å². The van der Waals surface area contributed by atoms with Crippen LogP contribution in [0.5, 0.6) is 17.2 Å². The predicted octanol–water partition coefficient (Wildman–Crippen LogP) is 3.57. The van der Waals surface area contributed by atoms with Gasteiger partial charge in [-0.3, -0.25) is 0 Å². The molecule has 0 radical (unpaired) electrons. The van der Waals surface area contributed by atoms with E-state index in [0.29, 0.717) is 13.1 Å². The first-order valence-corrected chi connectivity index (χ1v) is 8.30. The minimum absolute atomic E-state index is 0.678. The van der Waals surface area contributed by atoms with Gasteiger partial charge in [0.2, 0.25) is 0 Å². The molecule has 1 heterocycles. The molecule has 26 heavy (non-hydrogen) atoms. The first-order valence-electron chi connectivity index (χ1n) is 8.30. The number of anilines is 1. The molecule has 6 nitrogen and oxygen atoms in total. The van der Waals surface area contributed by atoms with Crippen LogP contribution in [-0.2, 0) is 13.1 Å². The lowest BCUT2D eigenvalue weighted by atomic mass is 10.1. The van der Waals surface area contributed by atoms with E-state index in [-0.39, 0.29) is 0 Å². The molecule has 6 heteroatoms. The average molecular weight is 353 g/mol. The molecule has 0 aliphatic carbocycles. The maximum Gasteiger partial charge on any atom is 0.124 e. The molecule has 0 saturated heterocycles. The van der Waals surface area contributed by atoms with Crippen LogP contribution in [0.25, 0.3) is 0 Å². The Kier molecular flexibility index (Phi) is 5.63. The molecule has 1 N–H and O–H groups in total. The van der Waals surface area contributed by atoms with Gasteiger partial charge >= 0.3 is 0 Å². The van der Waals surface area contributed by atoms with E-state index in [1.807, 2.05) is 35.0 Å². The fraction of sp³-hybridized carbons (Fsp3) is 0.250. The Morgan fingerprint density at radius 2 is 1.73 bits per heavy atom. The molecule has 0 unspecified atom stereocenters. The highest BCUT2D eigenvalue weighted by Crippen LogP contribution is 2.27. The van der Waals surface area contributed by atoms with Crippen LogP contribution in [0.3, 0.4) is 0 Å². The minimum Gasteiger partial charge on any atom is -0.497 e. The maximum atomic E-state index is 5.49. The predicted molar refractivity (Wildman–Crippen MR) is 101 cm³/mol. The highest BCUT2D eigenvalue weighted by molar-refractivity contribution is 5.54. The lowest BCUT2D eigenvalue weighted by Gasteiger charge is -2.13. The van der Waals surface area contributed by atoms with E-state index in [1.165, 1.54) is 0 Å². The smallest absolute Gasteiger partial charge is 0.124 e. The monoisotopic (exact) mass is 353 g/mol. The second kappa shape index (κ2) is 8.29. The summed E-state index contributed by atoms with van der Waals surface area (Å²) < 4.78 is 18.1. The lowest BCUT2D eigenvalue weighted by Crippen LogP contribution is -2.04. The standard InChI is InChI=1S/C20H23N3O3/c1-24-18-9-17(10-19(11-18)25-2)22-12-15-4-5-20(26-3)16(8-15)13-23-7-6-21-14-23/h4-11,14,22H,12-13H2,1-3H3. The van der Waals surface area contributed by atoms with E-state index in [2.05, 4.69) is 22.4 Å². The normalized spacial score (nSPS) is 10.4. The van der Waals surface area contributed by atoms with Crippen LogP contribution >= 0.6 is 0 Å². The van der Waals surface area contributed by atoms with Gasteiger partial charge in [-0.15, -0.1) is 0 Å². The number of benzene rings is 2.